The molecule has 1 atom stereocenters. The van der Waals surface area contributed by atoms with E-state index in [-0.39, 0.29) is 23.5 Å². The number of thioether (sulfide) groups is 1. The largest absolute Gasteiger partial charge is 0.376 e. The third kappa shape index (κ3) is 4.25. The molecule has 0 saturated carbocycles. The number of fused-ring (bicyclic) bond motifs is 1. The van der Waals surface area contributed by atoms with Crippen LogP contribution in [0.15, 0.2) is 15.2 Å². The SMILES string of the molecule is Cc1csc(NC(=O)CSc2nc(=O)n(C[C@@H]3CCCO3)c3c2CCC3)n1. The smallest absolute Gasteiger partial charge is 0.348 e. The first-order valence-corrected chi connectivity index (χ1v) is 11.1. The van der Waals surface area contributed by atoms with Crippen molar-refractivity contribution < 1.29 is 9.53 Å². The Morgan fingerprint density at radius 3 is 3.04 bits per heavy atom. The Morgan fingerprint density at radius 1 is 1.41 bits per heavy atom. The van der Waals surface area contributed by atoms with Gasteiger partial charge < -0.3 is 10.1 Å². The summed E-state index contributed by atoms with van der Waals surface area (Å²) in [6.45, 7) is 3.25. The number of hydrogen-bond acceptors (Lipinski definition) is 7. The van der Waals surface area contributed by atoms with E-state index in [1.165, 1.54) is 23.1 Å². The minimum Gasteiger partial charge on any atom is -0.376 e. The van der Waals surface area contributed by atoms with Crippen LogP contribution in [-0.4, -0.2) is 38.9 Å². The Hall–Kier alpha value is -1.71. The lowest BCUT2D eigenvalue weighted by atomic mass is 10.2. The molecule has 1 saturated heterocycles. The Balaban J connectivity index is 1.46. The minimum absolute atomic E-state index is 0.111. The number of nitrogens with zero attached hydrogens (tertiary/aromatic N) is 3. The molecule has 2 aromatic rings. The molecule has 27 heavy (non-hydrogen) atoms. The molecular formula is C18H22N4O3S2. The Bertz CT molecular complexity index is 902. The predicted molar refractivity (Wildman–Crippen MR) is 106 cm³/mol. The Labute approximate surface area is 165 Å². The molecule has 0 bridgehead atoms. The van der Waals surface area contributed by atoms with E-state index in [2.05, 4.69) is 15.3 Å². The minimum atomic E-state index is -0.232. The lowest BCUT2D eigenvalue weighted by Gasteiger charge is -2.17. The summed E-state index contributed by atoms with van der Waals surface area (Å²) < 4.78 is 7.48. The van der Waals surface area contributed by atoms with Crippen LogP contribution in [0.4, 0.5) is 5.13 Å². The second kappa shape index (κ2) is 8.12. The van der Waals surface area contributed by atoms with Crippen molar-refractivity contribution in [1.29, 1.82) is 0 Å². The van der Waals surface area contributed by atoms with Gasteiger partial charge in [0.2, 0.25) is 5.91 Å². The fourth-order valence-corrected chi connectivity index (χ4v) is 5.17. The van der Waals surface area contributed by atoms with Crippen LogP contribution in [-0.2, 0) is 28.9 Å². The predicted octanol–water partition coefficient (Wildman–Crippen LogP) is 2.41. The van der Waals surface area contributed by atoms with Crippen molar-refractivity contribution in [3.05, 3.63) is 32.8 Å². The summed E-state index contributed by atoms with van der Waals surface area (Å²) in [5.74, 6) is 0.0826. The van der Waals surface area contributed by atoms with Crippen LogP contribution in [0.3, 0.4) is 0 Å². The number of ether oxygens (including phenoxy) is 1. The highest BCUT2D eigenvalue weighted by atomic mass is 32.2. The van der Waals surface area contributed by atoms with Crippen molar-refractivity contribution in [3.8, 4) is 0 Å². The molecule has 4 rings (SSSR count). The average molecular weight is 407 g/mol. The van der Waals surface area contributed by atoms with E-state index in [0.717, 1.165) is 55.7 Å². The van der Waals surface area contributed by atoms with E-state index in [4.69, 9.17) is 4.74 Å². The number of hydrogen-bond donors (Lipinski definition) is 1. The summed E-state index contributed by atoms with van der Waals surface area (Å²) in [4.78, 5) is 33.3. The number of aryl methyl sites for hydroxylation is 1. The number of aromatic nitrogens is 3. The van der Waals surface area contributed by atoms with Crippen LogP contribution in [0.2, 0.25) is 0 Å². The Morgan fingerprint density at radius 2 is 2.30 bits per heavy atom. The average Bonchev–Trinajstić information content (AvgIpc) is 3.38. The summed E-state index contributed by atoms with van der Waals surface area (Å²) >= 11 is 2.74. The third-order valence-corrected chi connectivity index (χ3v) is 6.71. The standard InChI is InChI=1S/C18H22N4O3S2/c1-11-9-27-17(19-11)20-15(23)10-26-16-13-5-2-6-14(13)22(18(24)21-16)8-12-4-3-7-25-12/h9,12H,2-8,10H2,1H3,(H,19,20,23)/t12-/m0/s1. The van der Waals surface area contributed by atoms with Gasteiger partial charge >= 0.3 is 5.69 Å². The van der Waals surface area contributed by atoms with Crippen LogP contribution in [0.5, 0.6) is 0 Å². The maximum absolute atomic E-state index is 12.6. The zero-order valence-corrected chi connectivity index (χ0v) is 16.8. The molecule has 0 radical (unpaired) electrons. The number of carbonyl (C=O) groups is 1. The van der Waals surface area contributed by atoms with Gasteiger partial charge in [-0.1, -0.05) is 11.8 Å². The number of anilines is 1. The first-order chi connectivity index (χ1) is 13.1. The van der Waals surface area contributed by atoms with Crippen molar-refractivity contribution in [2.75, 3.05) is 17.7 Å². The molecule has 7 nitrogen and oxygen atoms in total. The maximum Gasteiger partial charge on any atom is 0.348 e. The van der Waals surface area contributed by atoms with E-state index < -0.39 is 0 Å². The second-order valence-electron chi connectivity index (χ2n) is 6.85. The van der Waals surface area contributed by atoms with Crippen molar-refractivity contribution in [2.24, 2.45) is 0 Å². The van der Waals surface area contributed by atoms with Crippen LogP contribution in [0.1, 0.15) is 36.2 Å². The molecule has 2 aliphatic rings. The molecule has 0 spiro atoms. The normalized spacial score (nSPS) is 18.6. The van der Waals surface area contributed by atoms with Gasteiger partial charge in [0.05, 0.1) is 24.1 Å². The second-order valence-corrected chi connectivity index (χ2v) is 8.68. The van der Waals surface area contributed by atoms with E-state index in [9.17, 15) is 9.59 Å². The van der Waals surface area contributed by atoms with Gasteiger partial charge in [0.25, 0.3) is 0 Å². The molecule has 1 fully saturated rings. The van der Waals surface area contributed by atoms with Crippen LogP contribution in [0, 0.1) is 6.92 Å². The fraction of sp³-hybridized carbons (Fsp3) is 0.556. The summed E-state index contributed by atoms with van der Waals surface area (Å²) in [7, 11) is 0. The highest BCUT2D eigenvalue weighted by Crippen LogP contribution is 2.30. The van der Waals surface area contributed by atoms with Gasteiger partial charge in [-0.3, -0.25) is 9.36 Å². The van der Waals surface area contributed by atoms with E-state index in [1.807, 2.05) is 12.3 Å². The molecule has 3 heterocycles. The van der Waals surface area contributed by atoms with Crippen LogP contribution >= 0.6 is 23.1 Å². The van der Waals surface area contributed by atoms with Gasteiger partial charge in [0, 0.05) is 23.2 Å². The van der Waals surface area contributed by atoms with Gasteiger partial charge in [-0.15, -0.1) is 11.3 Å². The Kier molecular flexibility index (Phi) is 5.60. The molecule has 1 aliphatic carbocycles. The highest BCUT2D eigenvalue weighted by Gasteiger charge is 2.25. The zero-order valence-electron chi connectivity index (χ0n) is 15.2. The molecule has 0 unspecified atom stereocenters. The molecule has 144 valence electrons. The van der Waals surface area contributed by atoms with Gasteiger partial charge in [-0.2, -0.15) is 4.98 Å². The summed E-state index contributed by atoms with van der Waals surface area (Å²) in [5.41, 5.74) is 2.85. The van der Waals surface area contributed by atoms with Gasteiger partial charge in [-0.25, -0.2) is 9.78 Å². The molecule has 2 aromatic heterocycles. The zero-order chi connectivity index (χ0) is 18.8. The van der Waals surface area contributed by atoms with Crippen molar-refractivity contribution in [3.63, 3.8) is 0 Å². The van der Waals surface area contributed by atoms with Gasteiger partial charge in [-0.05, 0) is 39.0 Å². The molecule has 1 aliphatic heterocycles. The maximum atomic E-state index is 12.6. The van der Waals surface area contributed by atoms with E-state index >= 15 is 0 Å². The summed E-state index contributed by atoms with van der Waals surface area (Å²) in [5, 5.41) is 5.98. The first-order valence-electron chi connectivity index (χ1n) is 9.19. The van der Waals surface area contributed by atoms with Crippen LogP contribution in [0.25, 0.3) is 0 Å². The quantitative estimate of drug-likeness (QED) is 0.586. The molecule has 0 aromatic carbocycles. The number of nitrogens with one attached hydrogen (secondary N) is 1. The van der Waals surface area contributed by atoms with Gasteiger partial charge in [0.1, 0.15) is 5.03 Å². The molecule has 1 amide bonds. The first kappa shape index (κ1) is 18.6. The topological polar surface area (TPSA) is 86.1 Å². The monoisotopic (exact) mass is 406 g/mol. The van der Waals surface area contributed by atoms with Crippen molar-refractivity contribution in [2.45, 2.75) is 56.7 Å². The van der Waals surface area contributed by atoms with E-state index in [1.54, 1.807) is 4.57 Å². The van der Waals surface area contributed by atoms with Crippen molar-refractivity contribution in [1.82, 2.24) is 14.5 Å². The lowest BCUT2D eigenvalue weighted by molar-refractivity contribution is -0.113. The number of amides is 1. The van der Waals surface area contributed by atoms with Crippen molar-refractivity contribution >= 4 is 34.1 Å². The molecule has 1 N–H and O–H groups in total. The summed E-state index contributed by atoms with van der Waals surface area (Å²) in [6.07, 6.45) is 4.97. The number of carbonyl (C=O) groups excluding carboxylic acids is 1. The highest BCUT2D eigenvalue weighted by molar-refractivity contribution is 8.00. The molecule has 9 heteroatoms. The number of rotatable bonds is 6. The fourth-order valence-electron chi connectivity index (χ4n) is 3.59. The third-order valence-electron chi connectivity index (χ3n) is 4.82. The number of thiazole rings is 1. The van der Waals surface area contributed by atoms with Gasteiger partial charge in [0.15, 0.2) is 5.13 Å². The lowest BCUT2D eigenvalue weighted by Crippen LogP contribution is -2.31. The summed E-state index contributed by atoms with van der Waals surface area (Å²) in [6, 6.07) is 0. The van der Waals surface area contributed by atoms with E-state index in [0.29, 0.717) is 16.7 Å². The van der Waals surface area contributed by atoms with Crippen LogP contribution < -0.4 is 11.0 Å². The molecular weight excluding hydrogens is 384 g/mol.